The molecule has 0 radical (unpaired) electrons. The molecule has 3 nitrogen and oxygen atoms in total. The lowest BCUT2D eigenvalue weighted by Crippen LogP contribution is -2.25. The average molecular weight is 360 g/mol. The molecule has 0 unspecified atom stereocenters. The molecule has 1 aromatic carbocycles. The molecule has 0 aromatic heterocycles. The second-order valence-electron chi connectivity index (χ2n) is 7.28. The van der Waals surface area contributed by atoms with Gasteiger partial charge < -0.3 is 10.4 Å². The largest absolute Gasteiger partial charge is 0.507 e. The van der Waals surface area contributed by atoms with Crippen LogP contribution in [0.25, 0.3) is 5.76 Å². The molecule has 1 rings (SSSR count). The summed E-state index contributed by atoms with van der Waals surface area (Å²) in [6.07, 6.45) is 12.8. The molecule has 0 saturated carbocycles. The molecule has 146 valence electrons. The first kappa shape index (κ1) is 22.3. The van der Waals surface area contributed by atoms with Crippen molar-refractivity contribution in [3.8, 4) is 0 Å². The lowest BCUT2D eigenvalue weighted by Gasteiger charge is -2.08. The summed E-state index contributed by atoms with van der Waals surface area (Å²) in [6.45, 7) is 6.59. The number of amides is 1. The zero-order valence-electron chi connectivity index (χ0n) is 16.9. The van der Waals surface area contributed by atoms with Gasteiger partial charge in [-0.25, -0.2) is 0 Å². The third-order valence-electron chi connectivity index (χ3n) is 4.84. The van der Waals surface area contributed by atoms with Gasteiger partial charge in [0.15, 0.2) is 0 Å². The van der Waals surface area contributed by atoms with E-state index in [0.717, 1.165) is 18.4 Å². The molecule has 0 bridgehead atoms. The number of nitrogens with one attached hydrogen (secondary N) is 1. The number of aliphatic hydroxyl groups is 1. The second kappa shape index (κ2) is 13.4. The number of benzene rings is 1. The van der Waals surface area contributed by atoms with E-state index >= 15 is 0 Å². The van der Waals surface area contributed by atoms with Crippen LogP contribution >= 0.6 is 0 Å². The molecule has 0 spiro atoms. The quantitative estimate of drug-likeness (QED) is 0.246. The van der Waals surface area contributed by atoms with Crippen LogP contribution in [0, 0.1) is 6.92 Å². The zero-order valence-corrected chi connectivity index (χ0v) is 16.9. The molecule has 3 heteroatoms. The zero-order chi connectivity index (χ0) is 19.2. The van der Waals surface area contributed by atoms with Crippen molar-refractivity contribution in [3.63, 3.8) is 0 Å². The Kier molecular flexibility index (Phi) is 11.5. The monoisotopic (exact) mass is 359 g/mol. The lowest BCUT2D eigenvalue weighted by atomic mass is 10.1. The molecule has 26 heavy (non-hydrogen) atoms. The molecule has 0 saturated heterocycles. The number of aryl methyl sites for hydroxylation is 1. The van der Waals surface area contributed by atoms with Gasteiger partial charge in [0, 0.05) is 12.1 Å². The van der Waals surface area contributed by atoms with E-state index in [0.29, 0.717) is 17.7 Å². The summed E-state index contributed by atoms with van der Waals surface area (Å²) in [5.41, 5.74) is 2.19. The Morgan fingerprint density at radius 2 is 1.38 bits per heavy atom. The van der Waals surface area contributed by atoms with Crippen LogP contribution in [0.1, 0.15) is 89.2 Å². The fraction of sp³-hybridized carbons (Fsp3) is 0.609. The predicted octanol–water partition coefficient (Wildman–Crippen LogP) is 6.32. The van der Waals surface area contributed by atoms with E-state index in [9.17, 15) is 9.90 Å². The minimum absolute atomic E-state index is 0.0607. The highest BCUT2D eigenvalue weighted by molar-refractivity contribution is 5.99. The van der Waals surface area contributed by atoms with Crippen LogP contribution in [0.2, 0.25) is 0 Å². The van der Waals surface area contributed by atoms with Crippen LogP contribution in [-0.4, -0.2) is 17.6 Å². The summed E-state index contributed by atoms with van der Waals surface area (Å²) in [4.78, 5) is 12.2. The van der Waals surface area contributed by atoms with E-state index in [4.69, 9.17) is 0 Å². The summed E-state index contributed by atoms with van der Waals surface area (Å²) < 4.78 is 0. The minimum atomic E-state index is -0.181. The average Bonchev–Trinajstić information content (AvgIpc) is 2.65. The fourth-order valence-electron chi connectivity index (χ4n) is 2.98. The Morgan fingerprint density at radius 1 is 0.885 bits per heavy atom. The smallest absolute Gasteiger partial charge is 0.250 e. The van der Waals surface area contributed by atoms with Gasteiger partial charge in [-0.2, -0.15) is 0 Å². The minimum Gasteiger partial charge on any atom is -0.507 e. The van der Waals surface area contributed by atoms with Crippen LogP contribution in [0.3, 0.4) is 0 Å². The number of hydrogen-bond acceptors (Lipinski definition) is 2. The van der Waals surface area contributed by atoms with Gasteiger partial charge in [-0.15, -0.1) is 0 Å². The molecule has 0 aliphatic carbocycles. The first-order valence-corrected chi connectivity index (χ1v) is 10.3. The molecular weight excluding hydrogens is 322 g/mol. The third kappa shape index (κ3) is 9.07. The molecule has 0 fully saturated rings. The highest BCUT2D eigenvalue weighted by Crippen LogP contribution is 2.16. The van der Waals surface area contributed by atoms with Gasteiger partial charge in [0.25, 0.3) is 5.91 Å². The normalized spacial score (nSPS) is 12.0. The summed E-state index contributed by atoms with van der Waals surface area (Å²) in [5, 5.41) is 13.2. The van der Waals surface area contributed by atoms with Crippen molar-refractivity contribution in [3.05, 3.63) is 41.0 Å². The SMILES string of the molecule is CCCCCCCCCCCCNC(=O)/C(C)=C(\O)c1ccc(C)cc1. The number of aliphatic hydroxyl groups excluding tert-OH is 1. The molecule has 0 heterocycles. The second-order valence-corrected chi connectivity index (χ2v) is 7.28. The van der Waals surface area contributed by atoms with Crippen molar-refractivity contribution < 1.29 is 9.90 Å². The summed E-state index contributed by atoms with van der Waals surface area (Å²) in [7, 11) is 0. The van der Waals surface area contributed by atoms with Gasteiger partial charge >= 0.3 is 0 Å². The van der Waals surface area contributed by atoms with Crippen LogP contribution in [0.4, 0.5) is 0 Å². The van der Waals surface area contributed by atoms with E-state index in [1.54, 1.807) is 6.92 Å². The van der Waals surface area contributed by atoms with Crippen molar-refractivity contribution in [2.75, 3.05) is 6.54 Å². The highest BCUT2D eigenvalue weighted by Gasteiger charge is 2.11. The van der Waals surface area contributed by atoms with Gasteiger partial charge in [0.05, 0.1) is 5.57 Å². The Labute approximate surface area is 159 Å². The van der Waals surface area contributed by atoms with Crippen molar-refractivity contribution in [2.24, 2.45) is 0 Å². The van der Waals surface area contributed by atoms with Crippen LogP contribution in [-0.2, 0) is 4.79 Å². The molecule has 1 amide bonds. The number of unbranched alkanes of at least 4 members (excludes halogenated alkanes) is 9. The van der Waals surface area contributed by atoms with Gasteiger partial charge in [-0.05, 0) is 20.3 Å². The van der Waals surface area contributed by atoms with Crippen LogP contribution < -0.4 is 5.32 Å². The number of carbonyl (C=O) groups is 1. The Balaban J connectivity index is 2.16. The van der Waals surface area contributed by atoms with Gasteiger partial charge in [0.2, 0.25) is 0 Å². The van der Waals surface area contributed by atoms with Crippen molar-refractivity contribution in [1.29, 1.82) is 0 Å². The van der Waals surface area contributed by atoms with E-state index in [1.807, 2.05) is 31.2 Å². The van der Waals surface area contributed by atoms with E-state index in [2.05, 4.69) is 12.2 Å². The lowest BCUT2D eigenvalue weighted by molar-refractivity contribution is -0.117. The maximum absolute atomic E-state index is 12.2. The molecule has 0 aliphatic heterocycles. The van der Waals surface area contributed by atoms with E-state index in [-0.39, 0.29) is 11.7 Å². The van der Waals surface area contributed by atoms with Crippen LogP contribution in [0.5, 0.6) is 0 Å². The maximum Gasteiger partial charge on any atom is 0.250 e. The summed E-state index contributed by atoms with van der Waals surface area (Å²) in [6, 6.07) is 7.54. The Morgan fingerprint density at radius 3 is 1.92 bits per heavy atom. The summed E-state index contributed by atoms with van der Waals surface area (Å²) >= 11 is 0. The summed E-state index contributed by atoms with van der Waals surface area (Å²) in [5.74, 6) is -0.121. The molecule has 2 N–H and O–H groups in total. The predicted molar refractivity (Wildman–Crippen MR) is 111 cm³/mol. The number of rotatable bonds is 13. The first-order valence-electron chi connectivity index (χ1n) is 10.3. The van der Waals surface area contributed by atoms with E-state index in [1.165, 1.54) is 51.4 Å². The Bertz CT molecular complexity index is 546. The van der Waals surface area contributed by atoms with Gasteiger partial charge in [-0.3, -0.25) is 4.79 Å². The standard InChI is InChI=1S/C23H37NO2/c1-4-5-6-7-8-9-10-11-12-13-18-24-23(26)20(3)22(25)21-16-14-19(2)15-17-21/h14-17,25H,4-13,18H2,1-3H3,(H,24,26)/b22-20-. The topological polar surface area (TPSA) is 49.3 Å². The van der Waals surface area contributed by atoms with Gasteiger partial charge in [0.1, 0.15) is 5.76 Å². The Hall–Kier alpha value is -1.77. The molecule has 0 aliphatic rings. The number of hydrogen-bond donors (Lipinski definition) is 2. The van der Waals surface area contributed by atoms with Crippen molar-refractivity contribution >= 4 is 11.7 Å². The molecular formula is C23H37NO2. The molecule has 1 aromatic rings. The first-order chi connectivity index (χ1) is 12.6. The fourth-order valence-corrected chi connectivity index (χ4v) is 2.98. The molecule has 0 atom stereocenters. The van der Waals surface area contributed by atoms with E-state index < -0.39 is 0 Å². The van der Waals surface area contributed by atoms with Crippen molar-refractivity contribution in [1.82, 2.24) is 5.32 Å². The van der Waals surface area contributed by atoms with Crippen LogP contribution in [0.15, 0.2) is 29.8 Å². The maximum atomic E-state index is 12.2. The highest BCUT2D eigenvalue weighted by atomic mass is 16.3. The van der Waals surface area contributed by atoms with Crippen molar-refractivity contribution in [2.45, 2.75) is 85.0 Å². The third-order valence-corrected chi connectivity index (χ3v) is 4.84. The van der Waals surface area contributed by atoms with Gasteiger partial charge in [-0.1, -0.05) is 94.5 Å². The number of carbonyl (C=O) groups excluding carboxylic acids is 1.